The van der Waals surface area contributed by atoms with E-state index in [1.807, 2.05) is 32.0 Å². The summed E-state index contributed by atoms with van der Waals surface area (Å²) in [5.41, 5.74) is 3.37. The van der Waals surface area contributed by atoms with Crippen LogP contribution in [-0.4, -0.2) is 103 Å². The van der Waals surface area contributed by atoms with E-state index < -0.39 is 0 Å². The second-order valence-electron chi connectivity index (χ2n) is 5.94. The highest BCUT2D eigenvalue weighted by molar-refractivity contribution is 5.94. The summed E-state index contributed by atoms with van der Waals surface area (Å²) in [5.74, 6) is 1.01. The number of amidine groups is 1. The third kappa shape index (κ3) is 2.50. The molecule has 5 heterocycles. The van der Waals surface area contributed by atoms with Gasteiger partial charge >= 0.3 is 0 Å². The van der Waals surface area contributed by atoms with Crippen molar-refractivity contribution in [3.8, 4) is 0 Å². The van der Waals surface area contributed by atoms with Gasteiger partial charge in [-0.2, -0.15) is 25.6 Å². The van der Waals surface area contributed by atoms with Crippen molar-refractivity contribution in [3.05, 3.63) is 5.82 Å². The average molecular weight is 348 g/mol. The molecule has 3 N–H and O–H groups in total. The van der Waals surface area contributed by atoms with E-state index in [0.717, 1.165) is 45.6 Å². The molecule has 14 nitrogen and oxygen atoms in total. The van der Waals surface area contributed by atoms with Gasteiger partial charge in [0, 0.05) is 44.0 Å². The van der Waals surface area contributed by atoms with E-state index in [1.165, 1.54) is 0 Å². The predicted octanol–water partition coefficient (Wildman–Crippen LogP) is -2.88. The molecule has 1 aromatic heterocycles. The number of tetrazole rings is 1. The van der Waals surface area contributed by atoms with Crippen molar-refractivity contribution in [2.24, 2.45) is 10.2 Å². The fourth-order valence-corrected chi connectivity index (χ4v) is 3.14. The molecule has 25 heavy (non-hydrogen) atoms. The molecule has 4 aliphatic heterocycles. The van der Waals surface area contributed by atoms with Crippen LogP contribution in [0.1, 0.15) is 18.7 Å². The number of nitrogens with zero attached hydrogens (tertiary/aromatic N) is 11. The third-order valence-electron chi connectivity index (χ3n) is 4.29. The van der Waals surface area contributed by atoms with Crippen molar-refractivity contribution in [1.82, 2.24) is 62.2 Å². The van der Waals surface area contributed by atoms with Gasteiger partial charge in [-0.3, -0.25) is 0 Å². The molecule has 5 rings (SSSR count). The van der Waals surface area contributed by atoms with Crippen LogP contribution in [-0.2, 0) is 0 Å². The standard InChI is InChI=1S/C11H20N14/c1-3-13-21(6-1)23-11(10-15-18-19-16-10)17-24(20-8-5-12-9-20)25(23)22-7-2-4-14-22/h4,12-13H,1-3,5-9H2,(H,15,16,18,19). The summed E-state index contributed by atoms with van der Waals surface area (Å²) >= 11 is 0. The van der Waals surface area contributed by atoms with Crippen molar-refractivity contribution in [3.63, 3.8) is 0 Å². The van der Waals surface area contributed by atoms with E-state index in [0.29, 0.717) is 18.3 Å². The van der Waals surface area contributed by atoms with Crippen LogP contribution < -0.4 is 10.7 Å². The maximum atomic E-state index is 4.77. The maximum absolute atomic E-state index is 4.77. The highest BCUT2D eigenvalue weighted by Gasteiger charge is 2.46. The number of hydrogen-bond donors (Lipinski definition) is 3. The monoisotopic (exact) mass is 348 g/mol. The SMILES string of the molecule is C1=NN(N2N(N3CCNC3)N=C(c3nn[nH]n3)N2N2CCCN2)CC1. The summed E-state index contributed by atoms with van der Waals surface area (Å²) < 4.78 is 0. The van der Waals surface area contributed by atoms with Crippen molar-refractivity contribution < 1.29 is 0 Å². The zero-order valence-corrected chi connectivity index (χ0v) is 13.7. The first-order valence-corrected chi connectivity index (χ1v) is 8.41. The lowest BCUT2D eigenvalue weighted by Crippen LogP contribution is -2.64. The molecular formula is C11H20N14. The summed E-state index contributed by atoms with van der Waals surface area (Å²) in [4.78, 5) is 0. The lowest BCUT2D eigenvalue weighted by Gasteiger charge is -2.42. The molecule has 0 unspecified atom stereocenters. The Balaban J connectivity index is 1.54. The van der Waals surface area contributed by atoms with E-state index in [4.69, 9.17) is 5.10 Å². The van der Waals surface area contributed by atoms with E-state index in [2.05, 4.69) is 41.5 Å². The molecule has 2 fully saturated rings. The summed E-state index contributed by atoms with van der Waals surface area (Å²) in [5, 5.41) is 38.6. The fraction of sp³-hybridized carbons (Fsp3) is 0.727. The van der Waals surface area contributed by atoms with Crippen LogP contribution in [0.3, 0.4) is 0 Å². The molecule has 0 atom stereocenters. The zero-order chi connectivity index (χ0) is 16.6. The van der Waals surface area contributed by atoms with Gasteiger partial charge in [0.1, 0.15) is 0 Å². The molecule has 0 saturated carbocycles. The molecular weight excluding hydrogens is 328 g/mol. The Labute approximate surface area is 143 Å². The van der Waals surface area contributed by atoms with Gasteiger partial charge < -0.3 is 5.32 Å². The molecule has 0 bridgehead atoms. The molecule has 134 valence electrons. The van der Waals surface area contributed by atoms with Gasteiger partial charge in [-0.05, 0) is 11.6 Å². The van der Waals surface area contributed by atoms with Crippen molar-refractivity contribution in [2.75, 3.05) is 39.4 Å². The molecule has 1 aromatic rings. The summed E-state index contributed by atoms with van der Waals surface area (Å²) in [6, 6.07) is 0. The van der Waals surface area contributed by atoms with Crippen LogP contribution in [0.5, 0.6) is 0 Å². The zero-order valence-electron chi connectivity index (χ0n) is 13.7. The topological polar surface area (TPSA) is 123 Å². The first kappa shape index (κ1) is 14.9. The van der Waals surface area contributed by atoms with Gasteiger partial charge in [0.05, 0.1) is 13.2 Å². The minimum atomic E-state index is 0.427. The molecule has 0 amide bonds. The van der Waals surface area contributed by atoms with Gasteiger partial charge in [-0.25, -0.2) is 5.43 Å². The number of hydrazine groups is 6. The lowest BCUT2D eigenvalue weighted by molar-refractivity contribution is -0.373. The van der Waals surface area contributed by atoms with Crippen LogP contribution in [0, 0.1) is 0 Å². The maximum Gasteiger partial charge on any atom is 0.244 e. The average Bonchev–Trinajstić information content (AvgIpc) is 3.48. The Morgan fingerprint density at radius 3 is 2.80 bits per heavy atom. The van der Waals surface area contributed by atoms with Crippen molar-refractivity contribution >= 4 is 12.1 Å². The molecule has 4 aliphatic rings. The van der Waals surface area contributed by atoms with Crippen LogP contribution >= 0.6 is 0 Å². The predicted molar refractivity (Wildman–Crippen MR) is 84.9 cm³/mol. The summed E-state index contributed by atoms with van der Waals surface area (Å²) in [6.45, 7) is 4.98. The first-order valence-electron chi connectivity index (χ1n) is 8.41. The largest absolute Gasteiger partial charge is 0.301 e. The van der Waals surface area contributed by atoms with E-state index in [1.54, 1.807) is 0 Å². The summed E-state index contributed by atoms with van der Waals surface area (Å²) in [6.07, 6.45) is 3.84. The van der Waals surface area contributed by atoms with Gasteiger partial charge in [0.2, 0.25) is 11.7 Å². The quantitative estimate of drug-likeness (QED) is 0.520. The Bertz CT molecular complexity index is 644. The number of rotatable bonds is 4. The lowest BCUT2D eigenvalue weighted by atomic mass is 10.5. The molecule has 0 spiro atoms. The van der Waals surface area contributed by atoms with E-state index in [-0.39, 0.29) is 0 Å². The Morgan fingerprint density at radius 2 is 2.12 bits per heavy atom. The number of nitrogens with one attached hydrogen (secondary N) is 3. The second-order valence-corrected chi connectivity index (χ2v) is 5.94. The molecule has 2 saturated heterocycles. The van der Waals surface area contributed by atoms with Gasteiger partial charge in [0.25, 0.3) is 0 Å². The van der Waals surface area contributed by atoms with Gasteiger partial charge in [0.15, 0.2) is 0 Å². The normalized spacial score (nSPS) is 25.8. The minimum absolute atomic E-state index is 0.427. The molecule has 14 heteroatoms. The van der Waals surface area contributed by atoms with Crippen LogP contribution in [0.4, 0.5) is 0 Å². The highest BCUT2D eigenvalue weighted by atomic mass is 16.3. The van der Waals surface area contributed by atoms with Crippen LogP contribution in [0.2, 0.25) is 0 Å². The van der Waals surface area contributed by atoms with Crippen LogP contribution in [0.25, 0.3) is 0 Å². The van der Waals surface area contributed by atoms with E-state index >= 15 is 0 Å². The number of H-pyrrole nitrogens is 1. The third-order valence-corrected chi connectivity index (χ3v) is 4.29. The molecule has 0 radical (unpaired) electrons. The Hall–Kier alpha value is -2.39. The number of hydrazone groups is 2. The first-order chi connectivity index (χ1) is 12.4. The number of hydrogen-bond acceptors (Lipinski definition) is 13. The number of aromatic amines is 1. The smallest absolute Gasteiger partial charge is 0.244 e. The second kappa shape index (κ2) is 6.16. The van der Waals surface area contributed by atoms with Crippen molar-refractivity contribution in [2.45, 2.75) is 12.8 Å². The van der Waals surface area contributed by atoms with Gasteiger partial charge in [-0.15, -0.1) is 25.6 Å². The fourth-order valence-electron chi connectivity index (χ4n) is 3.14. The van der Waals surface area contributed by atoms with Gasteiger partial charge in [-0.1, -0.05) is 0 Å². The van der Waals surface area contributed by atoms with Crippen molar-refractivity contribution in [1.29, 1.82) is 0 Å². The number of aromatic nitrogens is 4. The van der Waals surface area contributed by atoms with E-state index in [9.17, 15) is 0 Å². The molecule has 0 aliphatic carbocycles. The Morgan fingerprint density at radius 1 is 1.12 bits per heavy atom. The molecule has 0 aromatic carbocycles. The minimum Gasteiger partial charge on any atom is -0.301 e. The van der Waals surface area contributed by atoms with Crippen LogP contribution in [0.15, 0.2) is 10.2 Å². The summed E-state index contributed by atoms with van der Waals surface area (Å²) in [7, 11) is 0. The Kier molecular flexibility index (Phi) is 3.67. The highest BCUT2D eigenvalue weighted by Crippen LogP contribution is 2.26.